The summed E-state index contributed by atoms with van der Waals surface area (Å²) in [5, 5.41) is 7.16. The van der Waals surface area contributed by atoms with E-state index in [-0.39, 0.29) is 11.8 Å². The first-order valence-electron chi connectivity index (χ1n) is 9.45. The number of hydrogen-bond acceptors (Lipinski definition) is 4. The number of hydrogen-bond donors (Lipinski definition) is 2. The lowest BCUT2D eigenvalue weighted by Gasteiger charge is -2.20. The molecule has 1 aliphatic heterocycles. The molecule has 0 bridgehead atoms. The fraction of sp³-hybridized carbons (Fsp3) is 0.400. The standard InChI is InChI=1S/C20H23ClF3N5O/c1-25-19(27-11-14-4-2-5-16(10-14)30-13-20(22,23)24)28-15-7-9-29(12-15)18-17(21)6-3-8-26-18/h2-6,8,10,15H,7,9,11-13H2,1H3,(H2,25,27,28). The van der Waals surface area contributed by atoms with E-state index in [1.54, 1.807) is 37.5 Å². The van der Waals surface area contributed by atoms with Gasteiger partial charge in [-0.1, -0.05) is 23.7 Å². The summed E-state index contributed by atoms with van der Waals surface area (Å²) >= 11 is 6.23. The normalized spacial score (nSPS) is 17.2. The molecule has 2 aromatic rings. The maximum atomic E-state index is 12.3. The van der Waals surface area contributed by atoms with Crippen LogP contribution in [0.1, 0.15) is 12.0 Å². The van der Waals surface area contributed by atoms with E-state index in [4.69, 9.17) is 16.3 Å². The Morgan fingerprint density at radius 2 is 2.17 bits per heavy atom. The number of ether oxygens (including phenoxy) is 1. The van der Waals surface area contributed by atoms with E-state index in [2.05, 4.69) is 25.5 Å². The van der Waals surface area contributed by atoms with Crippen molar-refractivity contribution in [2.75, 3.05) is 31.6 Å². The van der Waals surface area contributed by atoms with Gasteiger partial charge < -0.3 is 20.3 Å². The molecular formula is C20H23ClF3N5O. The van der Waals surface area contributed by atoms with Gasteiger partial charge >= 0.3 is 6.18 Å². The minimum Gasteiger partial charge on any atom is -0.484 e. The molecule has 30 heavy (non-hydrogen) atoms. The number of alkyl halides is 3. The quantitative estimate of drug-likeness (QED) is 0.529. The van der Waals surface area contributed by atoms with E-state index in [0.29, 0.717) is 17.5 Å². The Morgan fingerprint density at radius 3 is 2.90 bits per heavy atom. The number of aromatic nitrogens is 1. The van der Waals surface area contributed by atoms with Gasteiger partial charge in [-0.25, -0.2) is 4.98 Å². The second-order valence-corrected chi connectivity index (χ2v) is 7.27. The van der Waals surface area contributed by atoms with Gasteiger partial charge in [-0.15, -0.1) is 0 Å². The number of guanidine groups is 1. The van der Waals surface area contributed by atoms with Crippen LogP contribution in [0.2, 0.25) is 5.02 Å². The van der Waals surface area contributed by atoms with Crippen LogP contribution in [0.15, 0.2) is 47.6 Å². The van der Waals surface area contributed by atoms with Gasteiger partial charge in [-0.3, -0.25) is 4.99 Å². The van der Waals surface area contributed by atoms with Crippen molar-refractivity contribution < 1.29 is 17.9 Å². The molecule has 162 valence electrons. The third kappa shape index (κ3) is 6.41. The van der Waals surface area contributed by atoms with Crippen LogP contribution in [0.5, 0.6) is 5.75 Å². The molecule has 2 N–H and O–H groups in total. The second-order valence-electron chi connectivity index (χ2n) is 6.86. The van der Waals surface area contributed by atoms with Crippen LogP contribution in [-0.4, -0.2) is 49.9 Å². The summed E-state index contributed by atoms with van der Waals surface area (Å²) in [5.41, 5.74) is 0.783. The van der Waals surface area contributed by atoms with Crippen molar-refractivity contribution in [2.24, 2.45) is 4.99 Å². The zero-order valence-corrected chi connectivity index (χ0v) is 17.2. The Hall–Kier alpha value is -2.68. The van der Waals surface area contributed by atoms with Gasteiger partial charge in [0.25, 0.3) is 0 Å². The lowest BCUT2D eigenvalue weighted by molar-refractivity contribution is -0.153. The Bertz CT molecular complexity index is 878. The summed E-state index contributed by atoms with van der Waals surface area (Å²) < 4.78 is 41.7. The molecule has 1 saturated heterocycles. The first kappa shape index (κ1) is 22.0. The molecule has 1 atom stereocenters. The molecule has 0 amide bonds. The van der Waals surface area contributed by atoms with Crippen LogP contribution in [-0.2, 0) is 6.54 Å². The van der Waals surface area contributed by atoms with Gasteiger partial charge in [-0.2, -0.15) is 13.2 Å². The van der Waals surface area contributed by atoms with E-state index >= 15 is 0 Å². The number of anilines is 1. The maximum absolute atomic E-state index is 12.3. The molecule has 0 saturated carbocycles. The molecule has 0 aliphatic carbocycles. The molecular weight excluding hydrogens is 419 g/mol. The summed E-state index contributed by atoms with van der Waals surface area (Å²) in [6.07, 6.45) is -1.75. The van der Waals surface area contributed by atoms with Crippen LogP contribution >= 0.6 is 11.6 Å². The summed E-state index contributed by atoms with van der Waals surface area (Å²) in [4.78, 5) is 10.7. The molecule has 1 aromatic carbocycles. The summed E-state index contributed by atoms with van der Waals surface area (Å²) in [5.74, 6) is 1.55. The fourth-order valence-corrected chi connectivity index (χ4v) is 3.41. The van der Waals surface area contributed by atoms with E-state index in [1.165, 1.54) is 6.07 Å². The monoisotopic (exact) mass is 441 g/mol. The average Bonchev–Trinajstić information content (AvgIpc) is 3.18. The van der Waals surface area contributed by atoms with E-state index in [1.807, 2.05) is 6.07 Å². The van der Waals surface area contributed by atoms with Crippen molar-refractivity contribution in [3.63, 3.8) is 0 Å². The largest absolute Gasteiger partial charge is 0.484 e. The highest BCUT2D eigenvalue weighted by Gasteiger charge is 2.28. The number of benzene rings is 1. The molecule has 1 aliphatic rings. The second kappa shape index (κ2) is 9.88. The van der Waals surface area contributed by atoms with Gasteiger partial charge in [-0.05, 0) is 36.2 Å². The Morgan fingerprint density at radius 1 is 1.33 bits per heavy atom. The fourth-order valence-electron chi connectivity index (χ4n) is 3.16. The molecule has 3 rings (SSSR count). The molecule has 0 spiro atoms. The Balaban J connectivity index is 1.50. The Labute approximate surface area is 178 Å². The van der Waals surface area contributed by atoms with E-state index in [0.717, 1.165) is 30.9 Å². The molecule has 2 heterocycles. The summed E-state index contributed by atoms with van der Waals surface area (Å²) in [6.45, 7) is 0.638. The smallest absolute Gasteiger partial charge is 0.422 e. The summed E-state index contributed by atoms with van der Waals surface area (Å²) in [6, 6.07) is 10.3. The predicted molar refractivity (Wildman–Crippen MR) is 111 cm³/mol. The minimum atomic E-state index is -4.37. The lowest BCUT2D eigenvalue weighted by atomic mass is 10.2. The average molecular weight is 442 g/mol. The van der Waals surface area contributed by atoms with Gasteiger partial charge in [0.15, 0.2) is 12.6 Å². The third-order valence-electron chi connectivity index (χ3n) is 4.55. The van der Waals surface area contributed by atoms with E-state index < -0.39 is 12.8 Å². The van der Waals surface area contributed by atoms with Crippen molar-refractivity contribution in [3.05, 3.63) is 53.2 Å². The van der Waals surface area contributed by atoms with Gasteiger partial charge in [0, 0.05) is 38.9 Å². The number of halogens is 4. The van der Waals surface area contributed by atoms with Gasteiger partial charge in [0.1, 0.15) is 11.6 Å². The summed E-state index contributed by atoms with van der Waals surface area (Å²) in [7, 11) is 1.67. The number of nitrogens with one attached hydrogen (secondary N) is 2. The highest BCUT2D eigenvalue weighted by atomic mass is 35.5. The van der Waals surface area contributed by atoms with Crippen molar-refractivity contribution in [3.8, 4) is 5.75 Å². The number of pyridine rings is 1. The first-order chi connectivity index (χ1) is 14.3. The molecule has 0 radical (unpaired) electrons. The van der Waals surface area contributed by atoms with Crippen molar-refractivity contribution >= 4 is 23.4 Å². The SMILES string of the molecule is CN=C(NCc1cccc(OCC(F)(F)F)c1)NC1CCN(c2ncccc2Cl)C1. The zero-order chi connectivity index (χ0) is 21.6. The van der Waals surface area contributed by atoms with Crippen molar-refractivity contribution in [1.82, 2.24) is 15.6 Å². The van der Waals surface area contributed by atoms with Crippen LogP contribution in [0, 0.1) is 0 Å². The molecule has 1 fully saturated rings. The van der Waals surface area contributed by atoms with Crippen molar-refractivity contribution in [2.45, 2.75) is 25.2 Å². The minimum absolute atomic E-state index is 0.163. The molecule has 10 heteroatoms. The van der Waals surface area contributed by atoms with Crippen LogP contribution in [0.25, 0.3) is 0 Å². The molecule has 6 nitrogen and oxygen atoms in total. The number of nitrogens with zero attached hydrogens (tertiary/aromatic N) is 3. The highest BCUT2D eigenvalue weighted by Crippen LogP contribution is 2.25. The third-order valence-corrected chi connectivity index (χ3v) is 4.85. The predicted octanol–water partition coefficient (Wildman–Crippen LogP) is 3.62. The number of aliphatic imine (C=N–C) groups is 1. The molecule has 1 aromatic heterocycles. The topological polar surface area (TPSA) is 61.8 Å². The first-order valence-corrected chi connectivity index (χ1v) is 9.83. The lowest BCUT2D eigenvalue weighted by Crippen LogP contribution is -2.44. The van der Waals surface area contributed by atoms with E-state index in [9.17, 15) is 13.2 Å². The van der Waals surface area contributed by atoms with Crippen LogP contribution < -0.4 is 20.3 Å². The molecule has 1 unspecified atom stereocenters. The van der Waals surface area contributed by atoms with Crippen LogP contribution in [0.3, 0.4) is 0 Å². The van der Waals surface area contributed by atoms with Gasteiger partial charge in [0.05, 0.1) is 5.02 Å². The van der Waals surface area contributed by atoms with Gasteiger partial charge in [0.2, 0.25) is 0 Å². The highest BCUT2D eigenvalue weighted by molar-refractivity contribution is 6.32. The number of rotatable bonds is 6. The van der Waals surface area contributed by atoms with Crippen LogP contribution in [0.4, 0.5) is 19.0 Å². The van der Waals surface area contributed by atoms with Crippen molar-refractivity contribution in [1.29, 1.82) is 0 Å². The Kier molecular flexibility index (Phi) is 7.25. The maximum Gasteiger partial charge on any atom is 0.422 e. The zero-order valence-electron chi connectivity index (χ0n) is 16.4.